The standard InChI is InChI=1S/C18H16FN3OS/c1-11-9-13(3-8-16(11)19)17-10-24-18(22-17)21-15-6-4-14(5-7-15)20-12(2)23/h3-10H,1-2H3,(H,20,23)(H,21,22). The van der Waals surface area contributed by atoms with Gasteiger partial charge in [0.1, 0.15) is 5.82 Å². The van der Waals surface area contributed by atoms with Gasteiger partial charge in [-0.25, -0.2) is 9.37 Å². The highest BCUT2D eigenvalue weighted by Crippen LogP contribution is 2.28. The van der Waals surface area contributed by atoms with E-state index in [0.29, 0.717) is 5.56 Å². The zero-order valence-corrected chi connectivity index (χ0v) is 14.1. The second-order valence-corrected chi connectivity index (χ2v) is 6.24. The first kappa shape index (κ1) is 16.1. The van der Waals surface area contributed by atoms with E-state index >= 15 is 0 Å². The Labute approximate surface area is 143 Å². The predicted molar refractivity (Wildman–Crippen MR) is 96.3 cm³/mol. The first-order valence-corrected chi connectivity index (χ1v) is 8.26. The van der Waals surface area contributed by atoms with Gasteiger partial charge in [-0.2, -0.15) is 0 Å². The van der Waals surface area contributed by atoms with E-state index in [1.807, 2.05) is 29.6 Å². The fourth-order valence-electron chi connectivity index (χ4n) is 2.23. The minimum atomic E-state index is -0.216. The molecule has 122 valence electrons. The van der Waals surface area contributed by atoms with Crippen molar-refractivity contribution in [3.8, 4) is 11.3 Å². The maximum absolute atomic E-state index is 13.4. The maximum Gasteiger partial charge on any atom is 0.221 e. The van der Waals surface area contributed by atoms with Gasteiger partial charge < -0.3 is 10.6 Å². The number of rotatable bonds is 4. The number of aryl methyl sites for hydroxylation is 1. The maximum atomic E-state index is 13.4. The second kappa shape index (κ2) is 6.80. The van der Waals surface area contributed by atoms with E-state index in [4.69, 9.17) is 0 Å². The highest BCUT2D eigenvalue weighted by molar-refractivity contribution is 7.14. The van der Waals surface area contributed by atoms with Crippen molar-refractivity contribution < 1.29 is 9.18 Å². The summed E-state index contributed by atoms with van der Waals surface area (Å²) in [5, 5.41) is 8.62. The summed E-state index contributed by atoms with van der Waals surface area (Å²) in [6, 6.07) is 12.4. The molecule has 1 amide bonds. The first-order chi connectivity index (χ1) is 11.5. The molecule has 0 bridgehead atoms. The van der Waals surface area contributed by atoms with E-state index in [1.54, 1.807) is 19.1 Å². The van der Waals surface area contributed by atoms with E-state index in [-0.39, 0.29) is 11.7 Å². The smallest absolute Gasteiger partial charge is 0.221 e. The molecule has 0 spiro atoms. The Balaban J connectivity index is 1.73. The van der Waals surface area contributed by atoms with Gasteiger partial charge in [-0.3, -0.25) is 4.79 Å². The normalized spacial score (nSPS) is 10.5. The summed E-state index contributed by atoms with van der Waals surface area (Å²) >= 11 is 1.48. The topological polar surface area (TPSA) is 54.0 Å². The molecule has 24 heavy (non-hydrogen) atoms. The third-order valence-electron chi connectivity index (χ3n) is 3.41. The quantitative estimate of drug-likeness (QED) is 0.705. The lowest BCUT2D eigenvalue weighted by atomic mass is 10.1. The number of thiazole rings is 1. The van der Waals surface area contributed by atoms with Crippen molar-refractivity contribution >= 4 is 33.8 Å². The second-order valence-electron chi connectivity index (χ2n) is 5.39. The molecule has 0 aliphatic carbocycles. The summed E-state index contributed by atoms with van der Waals surface area (Å²) in [7, 11) is 0. The van der Waals surface area contributed by atoms with Gasteiger partial charge >= 0.3 is 0 Å². The largest absolute Gasteiger partial charge is 0.332 e. The van der Waals surface area contributed by atoms with Crippen LogP contribution in [0, 0.1) is 12.7 Å². The molecule has 6 heteroatoms. The number of carbonyl (C=O) groups is 1. The fraction of sp³-hybridized carbons (Fsp3) is 0.111. The zero-order chi connectivity index (χ0) is 17.1. The Kier molecular flexibility index (Phi) is 4.57. The Morgan fingerprint density at radius 3 is 2.50 bits per heavy atom. The number of anilines is 3. The van der Waals surface area contributed by atoms with Crippen molar-refractivity contribution in [3.05, 3.63) is 59.2 Å². The predicted octanol–water partition coefficient (Wildman–Crippen LogP) is 4.96. The monoisotopic (exact) mass is 341 g/mol. The average Bonchev–Trinajstić information content (AvgIpc) is 3.00. The molecule has 0 unspecified atom stereocenters. The summed E-state index contributed by atoms with van der Waals surface area (Å²) in [6.45, 7) is 3.21. The highest BCUT2D eigenvalue weighted by atomic mass is 32.1. The molecule has 0 saturated carbocycles. The van der Waals surface area contributed by atoms with E-state index in [2.05, 4.69) is 15.6 Å². The number of aromatic nitrogens is 1. The number of amides is 1. The third-order valence-corrected chi connectivity index (χ3v) is 4.17. The molecule has 4 nitrogen and oxygen atoms in total. The first-order valence-electron chi connectivity index (χ1n) is 7.38. The molecule has 0 atom stereocenters. The van der Waals surface area contributed by atoms with Gasteiger partial charge in [0.2, 0.25) is 5.91 Å². The molecular formula is C18H16FN3OS. The van der Waals surface area contributed by atoms with Crippen LogP contribution in [0.1, 0.15) is 12.5 Å². The lowest BCUT2D eigenvalue weighted by Gasteiger charge is -2.05. The van der Waals surface area contributed by atoms with Crippen LogP contribution in [0.5, 0.6) is 0 Å². The molecule has 0 saturated heterocycles. The molecule has 2 aromatic carbocycles. The van der Waals surface area contributed by atoms with Crippen LogP contribution in [0.2, 0.25) is 0 Å². The molecule has 0 radical (unpaired) electrons. The molecular weight excluding hydrogens is 325 g/mol. The Morgan fingerprint density at radius 1 is 1.12 bits per heavy atom. The summed E-state index contributed by atoms with van der Waals surface area (Å²) < 4.78 is 13.4. The van der Waals surface area contributed by atoms with Crippen LogP contribution in [-0.2, 0) is 4.79 Å². The number of nitrogens with zero attached hydrogens (tertiary/aromatic N) is 1. The van der Waals surface area contributed by atoms with Crippen molar-refractivity contribution in [2.45, 2.75) is 13.8 Å². The Hall–Kier alpha value is -2.73. The molecule has 1 heterocycles. The summed E-state index contributed by atoms with van der Waals surface area (Å²) in [5.74, 6) is -0.318. The van der Waals surface area contributed by atoms with Gasteiger partial charge in [0.15, 0.2) is 5.13 Å². The van der Waals surface area contributed by atoms with Gasteiger partial charge in [0.05, 0.1) is 5.69 Å². The van der Waals surface area contributed by atoms with Crippen molar-refractivity contribution in [2.75, 3.05) is 10.6 Å². The van der Waals surface area contributed by atoms with Crippen LogP contribution >= 0.6 is 11.3 Å². The lowest BCUT2D eigenvalue weighted by molar-refractivity contribution is -0.114. The van der Waals surface area contributed by atoms with E-state index in [1.165, 1.54) is 24.3 Å². The SMILES string of the molecule is CC(=O)Nc1ccc(Nc2nc(-c3ccc(F)c(C)c3)cs2)cc1. The number of hydrogen-bond donors (Lipinski definition) is 2. The molecule has 3 rings (SSSR count). The van der Waals surface area contributed by atoms with Crippen molar-refractivity contribution in [3.63, 3.8) is 0 Å². The molecule has 3 aromatic rings. The lowest BCUT2D eigenvalue weighted by Crippen LogP contribution is -2.05. The highest BCUT2D eigenvalue weighted by Gasteiger charge is 2.07. The number of carbonyl (C=O) groups excluding carboxylic acids is 1. The summed E-state index contributed by atoms with van der Waals surface area (Å²) in [5.41, 5.74) is 3.91. The fourth-order valence-corrected chi connectivity index (χ4v) is 2.97. The van der Waals surface area contributed by atoms with Gasteiger partial charge in [0.25, 0.3) is 0 Å². The van der Waals surface area contributed by atoms with Gasteiger partial charge in [-0.15, -0.1) is 11.3 Å². The Morgan fingerprint density at radius 2 is 1.83 bits per heavy atom. The third kappa shape index (κ3) is 3.78. The van der Waals surface area contributed by atoms with E-state index in [9.17, 15) is 9.18 Å². The molecule has 0 aliphatic rings. The minimum absolute atomic E-state index is 0.102. The van der Waals surface area contributed by atoms with Crippen LogP contribution < -0.4 is 10.6 Å². The van der Waals surface area contributed by atoms with Crippen LogP contribution in [0.15, 0.2) is 47.8 Å². The number of nitrogens with one attached hydrogen (secondary N) is 2. The molecule has 2 N–H and O–H groups in total. The van der Waals surface area contributed by atoms with E-state index in [0.717, 1.165) is 27.8 Å². The zero-order valence-electron chi connectivity index (χ0n) is 13.3. The summed E-state index contributed by atoms with van der Waals surface area (Å²) in [6.07, 6.45) is 0. The number of hydrogen-bond acceptors (Lipinski definition) is 4. The number of halogens is 1. The molecule has 1 aromatic heterocycles. The summed E-state index contributed by atoms with van der Waals surface area (Å²) in [4.78, 5) is 15.5. The average molecular weight is 341 g/mol. The van der Waals surface area contributed by atoms with Crippen LogP contribution in [0.25, 0.3) is 11.3 Å². The van der Waals surface area contributed by atoms with Gasteiger partial charge in [-0.05, 0) is 55.0 Å². The van der Waals surface area contributed by atoms with Crippen LogP contribution in [0.4, 0.5) is 20.9 Å². The molecule has 0 fully saturated rings. The van der Waals surface area contributed by atoms with E-state index < -0.39 is 0 Å². The van der Waals surface area contributed by atoms with Gasteiger partial charge in [0, 0.05) is 29.2 Å². The van der Waals surface area contributed by atoms with Crippen LogP contribution in [0.3, 0.4) is 0 Å². The minimum Gasteiger partial charge on any atom is -0.332 e. The molecule has 0 aliphatic heterocycles. The van der Waals surface area contributed by atoms with Crippen LogP contribution in [-0.4, -0.2) is 10.9 Å². The number of benzene rings is 2. The Bertz CT molecular complexity index is 874. The van der Waals surface area contributed by atoms with Crippen molar-refractivity contribution in [1.82, 2.24) is 4.98 Å². The van der Waals surface area contributed by atoms with Crippen molar-refractivity contribution in [1.29, 1.82) is 0 Å². The van der Waals surface area contributed by atoms with Crippen molar-refractivity contribution in [2.24, 2.45) is 0 Å². The van der Waals surface area contributed by atoms with Gasteiger partial charge in [-0.1, -0.05) is 0 Å².